The van der Waals surface area contributed by atoms with Crippen molar-refractivity contribution in [3.05, 3.63) is 51.2 Å². The number of anilines is 1. The minimum Gasteiger partial charge on any atom is -0.495 e. The number of fused-ring (bicyclic) bond motifs is 1. The van der Waals surface area contributed by atoms with Crippen LogP contribution in [-0.4, -0.2) is 37.3 Å². The van der Waals surface area contributed by atoms with Gasteiger partial charge in [-0.1, -0.05) is 0 Å². The van der Waals surface area contributed by atoms with E-state index in [1.807, 2.05) is 0 Å². The van der Waals surface area contributed by atoms with Crippen molar-refractivity contribution in [1.29, 1.82) is 0 Å². The van der Waals surface area contributed by atoms with Crippen LogP contribution in [0.3, 0.4) is 0 Å². The van der Waals surface area contributed by atoms with E-state index < -0.39 is 16.4 Å². The van der Waals surface area contributed by atoms with Crippen molar-refractivity contribution in [3.63, 3.8) is 0 Å². The molecule has 0 fully saturated rings. The highest BCUT2D eigenvalue weighted by atomic mass is 16.6. The van der Waals surface area contributed by atoms with E-state index in [-0.39, 0.29) is 29.1 Å². The number of carbonyl (C=O) groups excluding carboxylic acids is 1. The standard InChI is InChI=1S/C15H14N6O5/c1-19-14-10(6-17-19)15(23)20(8-16-14)7-13(22)18-11-5-9(21(24)25)3-4-12(11)26-2/h3-6,8H,7H2,1-2H3,(H,18,22). The van der Waals surface area contributed by atoms with Gasteiger partial charge in [-0.2, -0.15) is 5.10 Å². The van der Waals surface area contributed by atoms with Gasteiger partial charge in [0.1, 0.15) is 24.0 Å². The summed E-state index contributed by atoms with van der Waals surface area (Å²) in [7, 11) is 3.03. The first-order valence-electron chi connectivity index (χ1n) is 7.40. The summed E-state index contributed by atoms with van der Waals surface area (Å²) in [6.45, 7) is -0.317. The fourth-order valence-electron chi connectivity index (χ4n) is 2.43. The summed E-state index contributed by atoms with van der Waals surface area (Å²) in [5, 5.41) is 17.6. The van der Waals surface area contributed by atoms with E-state index in [0.29, 0.717) is 5.65 Å². The topological polar surface area (TPSA) is 134 Å². The Bertz CT molecular complexity index is 1070. The van der Waals surface area contributed by atoms with E-state index in [1.165, 1.54) is 42.5 Å². The number of nitro groups is 1. The first kappa shape index (κ1) is 17.1. The fraction of sp³-hybridized carbons (Fsp3) is 0.200. The van der Waals surface area contributed by atoms with Crippen LogP contribution in [0, 0.1) is 10.1 Å². The summed E-state index contributed by atoms with van der Waals surface area (Å²) in [5.41, 5.74) is -0.0665. The zero-order valence-electron chi connectivity index (χ0n) is 13.9. The highest BCUT2D eigenvalue weighted by Gasteiger charge is 2.15. The zero-order chi connectivity index (χ0) is 18.8. The lowest BCUT2D eigenvalue weighted by atomic mass is 10.2. The number of nitrogens with one attached hydrogen (secondary N) is 1. The quantitative estimate of drug-likeness (QED) is 0.523. The molecular formula is C15H14N6O5. The number of aromatic nitrogens is 4. The molecule has 0 aliphatic carbocycles. The summed E-state index contributed by atoms with van der Waals surface area (Å²) in [6, 6.07) is 3.82. The van der Waals surface area contributed by atoms with Gasteiger partial charge in [-0.05, 0) is 6.07 Å². The van der Waals surface area contributed by atoms with E-state index in [4.69, 9.17) is 4.74 Å². The number of hydrogen-bond acceptors (Lipinski definition) is 7. The minimum absolute atomic E-state index is 0.134. The lowest BCUT2D eigenvalue weighted by molar-refractivity contribution is -0.384. The highest BCUT2D eigenvalue weighted by Crippen LogP contribution is 2.28. The van der Waals surface area contributed by atoms with E-state index in [1.54, 1.807) is 7.05 Å². The highest BCUT2D eigenvalue weighted by molar-refractivity contribution is 5.92. The van der Waals surface area contributed by atoms with Crippen molar-refractivity contribution < 1.29 is 14.5 Å². The summed E-state index contributed by atoms with van der Waals surface area (Å²) < 4.78 is 7.67. The Morgan fingerprint density at radius 3 is 2.88 bits per heavy atom. The smallest absolute Gasteiger partial charge is 0.271 e. The second-order valence-electron chi connectivity index (χ2n) is 5.37. The maximum absolute atomic E-state index is 12.4. The Labute approximate surface area is 146 Å². The van der Waals surface area contributed by atoms with Crippen molar-refractivity contribution >= 4 is 28.3 Å². The van der Waals surface area contributed by atoms with Gasteiger partial charge in [-0.15, -0.1) is 0 Å². The molecular weight excluding hydrogens is 344 g/mol. The number of methoxy groups -OCH3 is 1. The lowest BCUT2D eigenvalue weighted by Crippen LogP contribution is -2.28. The number of ether oxygens (including phenoxy) is 1. The Balaban J connectivity index is 1.85. The number of aryl methyl sites for hydroxylation is 1. The summed E-state index contributed by atoms with van der Waals surface area (Å²) in [5.74, 6) is -0.298. The van der Waals surface area contributed by atoms with Gasteiger partial charge >= 0.3 is 0 Å². The van der Waals surface area contributed by atoms with Crippen molar-refractivity contribution in [2.45, 2.75) is 6.54 Å². The van der Waals surface area contributed by atoms with Gasteiger partial charge in [0.2, 0.25) is 5.91 Å². The molecule has 11 nitrogen and oxygen atoms in total. The molecule has 0 saturated carbocycles. The van der Waals surface area contributed by atoms with E-state index >= 15 is 0 Å². The van der Waals surface area contributed by atoms with E-state index in [9.17, 15) is 19.7 Å². The average molecular weight is 358 g/mol. The molecule has 2 aromatic heterocycles. The van der Waals surface area contributed by atoms with Crippen LogP contribution >= 0.6 is 0 Å². The molecule has 1 amide bonds. The zero-order valence-corrected chi connectivity index (χ0v) is 13.9. The molecule has 0 radical (unpaired) electrons. The number of amides is 1. The molecule has 3 aromatic rings. The van der Waals surface area contributed by atoms with Gasteiger partial charge in [-0.25, -0.2) is 4.98 Å². The van der Waals surface area contributed by atoms with Gasteiger partial charge in [0.05, 0.1) is 23.9 Å². The normalized spacial score (nSPS) is 10.7. The molecule has 0 spiro atoms. The van der Waals surface area contributed by atoms with Crippen molar-refractivity contribution in [2.24, 2.45) is 7.05 Å². The molecule has 0 saturated heterocycles. The number of carbonyl (C=O) groups is 1. The van der Waals surface area contributed by atoms with Gasteiger partial charge in [0.15, 0.2) is 5.65 Å². The molecule has 0 aliphatic heterocycles. The third kappa shape index (κ3) is 3.09. The third-order valence-electron chi connectivity index (χ3n) is 3.70. The number of hydrogen-bond donors (Lipinski definition) is 1. The second-order valence-corrected chi connectivity index (χ2v) is 5.37. The number of non-ortho nitro benzene ring substituents is 1. The molecule has 0 bridgehead atoms. The molecule has 0 atom stereocenters. The maximum Gasteiger partial charge on any atom is 0.271 e. The molecule has 3 rings (SSSR count). The van der Waals surface area contributed by atoms with Gasteiger partial charge in [-0.3, -0.25) is 29.0 Å². The monoisotopic (exact) mass is 358 g/mol. The van der Waals surface area contributed by atoms with Crippen LogP contribution in [0.5, 0.6) is 5.75 Å². The van der Waals surface area contributed by atoms with Crippen molar-refractivity contribution in [1.82, 2.24) is 19.3 Å². The third-order valence-corrected chi connectivity index (χ3v) is 3.70. The van der Waals surface area contributed by atoms with Gasteiger partial charge in [0.25, 0.3) is 11.2 Å². The fourth-order valence-corrected chi connectivity index (χ4v) is 2.43. The van der Waals surface area contributed by atoms with E-state index in [0.717, 1.165) is 4.57 Å². The van der Waals surface area contributed by atoms with Crippen molar-refractivity contribution in [3.8, 4) is 5.75 Å². The van der Waals surface area contributed by atoms with Crippen LogP contribution < -0.4 is 15.6 Å². The van der Waals surface area contributed by atoms with Crippen LogP contribution in [0.2, 0.25) is 0 Å². The molecule has 11 heteroatoms. The van der Waals surface area contributed by atoms with Gasteiger partial charge < -0.3 is 10.1 Å². The summed E-state index contributed by atoms with van der Waals surface area (Å²) in [4.78, 5) is 39.1. The maximum atomic E-state index is 12.4. The van der Waals surface area contributed by atoms with Crippen LogP contribution in [0.25, 0.3) is 11.0 Å². The molecule has 0 aliphatic rings. The average Bonchev–Trinajstić information content (AvgIpc) is 2.99. The summed E-state index contributed by atoms with van der Waals surface area (Å²) >= 11 is 0. The summed E-state index contributed by atoms with van der Waals surface area (Å²) in [6.07, 6.45) is 2.62. The largest absolute Gasteiger partial charge is 0.495 e. The SMILES string of the molecule is COc1ccc([N+](=O)[O-])cc1NC(=O)Cn1cnc2c(cnn2C)c1=O. The van der Waals surface area contributed by atoms with Crippen LogP contribution in [0.15, 0.2) is 35.5 Å². The Morgan fingerprint density at radius 1 is 1.42 bits per heavy atom. The molecule has 1 N–H and O–H groups in total. The van der Waals surface area contributed by atoms with Crippen LogP contribution in [-0.2, 0) is 18.4 Å². The number of benzene rings is 1. The number of nitro benzene ring substituents is 1. The molecule has 2 heterocycles. The molecule has 0 unspecified atom stereocenters. The predicted molar refractivity (Wildman–Crippen MR) is 91.0 cm³/mol. The Hall–Kier alpha value is -3.76. The Morgan fingerprint density at radius 2 is 2.19 bits per heavy atom. The van der Waals surface area contributed by atoms with Crippen molar-refractivity contribution in [2.75, 3.05) is 12.4 Å². The minimum atomic E-state index is -0.583. The molecule has 1 aromatic carbocycles. The lowest BCUT2D eigenvalue weighted by Gasteiger charge is -2.10. The molecule has 26 heavy (non-hydrogen) atoms. The second kappa shape index (κ2) is 6.63. The van der Waals surface area contributed by atoms with Crippen LogP contribution in [0.1, 0.15) is 0 Å². The van der Waals surface area contributed by atoms with Gasteiger partial charge in [0, 0.05) is 19.2 Å². The number of nitrogens with zero attached hydrogens (tertiary/aromatic N) is 5. The number of rotatable bonds is 5. The van der Waals surface area contributed by atoms with E-state index in [2.05, 4.69) is 15.4 Å². The Kier molecular flexibility index (Phi) is 4.35. The first-order valence-corrected chi connectivity index (χ1v) is 7.40. The molecule has 134 valence electrons. The predicted octanol–water partition coefficient (Wildman–Crippen LogP) is 0.685. The van der Waals surface area contributed by atoms with Crippen LogP contribution in [0.4, 0.5) is 11.4 Å². The first-order chi connectivity index (χ1) is 12.4.